The maximum atomic E-state index is 13.1. The molecule has 0 amide bonds. The summed E-state index contributed by atoms with van der Waals surface area (Å²) in [6, 6.07) is 13.4. The zero-order valence-corrected chi connectivity index (χ0v) is 15.8. The Bertz CT molecular complexity index is 846. The molecule has 2 aromatic carbocycles. The number of halogens is 1. The van der Waals surface area contributed by atoms with Crippen molar-refractivity contribution >= 4 is 23.2 Å². The maximum absolute atomic E-state index is 13.1. The van der Waals surface area contributed by atoms with E-state index in [9.17, 15) is 19.8 Å². The van der Waals surface area contributed by atoms with Crippen molar-refractivity contribution in [1.29, 1.82) is 0 Å². The number of aryl methyl sites for hydroxylation is 2. The standard InChI is InChI=1S/C21H21ClO5/c1-12-3-7-14(8-4-12)18(24)17-19(25)16(11-23)27-21(17,22)20(26)15-9-5-13(2)6-10-15/h3-10,16-17,19,23,25H,11H2,1-2H3/t16-,17-,19-,21?/m1/s1. The molecule has 1 unspecified atom stereocenters. The van der Waals surface area contributed by atoms with Crippen molar-refractivity contribution in [3.8, 4) is 0 Å². The molecule has 0 radical (unpaired) electrons. The molecule has 0 saturated carbocycles. The van der Waals surface area contributed by atoms with Crippen LogP contribution in [0.2, 0.25) is 0 Å². The Kier molecular flexibility index (Phi) is 5.49. The minimum atomic E-state index is -2.09. The quantitative estimate of drug-likeness (QED) is 0.607. The highest BCUT2D eigenvalue weighted by Gasteiger charge is 2.61. The van der Waals surface area contributed by atoms with Crippen molar-refractivity contribution in [1.82, 2.24) is 0 Å². The van der Waals surface area contributed by atoms with Gasteiger partial charge in [-0.3, -0.25) is 9.59 Å². The lowest BCUT2D eigenvalue weighted by atomic mass is 9.84. The van der Waals surface area contributed by atoms with Gasteiger partial charge in [0.2, 0.25) is 10.8 Å². The first-order chi connectivity index (χ1) is 12.8. The van der Waals surface area contributed by atoms with E-state index in [1.807, 2.05) is 13.8 Å². The van der Waals surface area contributed by atoms with Gasteiger partial charge in [-0.15, -0.1) is 0 Å². The summed E-state index contributed by atoms with van der Waals surface area (Å²) in [4.78, 5) is 26.2. The van der Waals surface area contributed by atoms with Crippen LogP contribution in [-0.4, -0.2) is 45.7 Å². The van der Waals surface area contributed by atoms with Gasteiger partial charge in [0.15, 0.2) is 5.78 Å². The van der Waals surface area contributed by atoms with E-state index in [2.05, 4.69) is 0 Å². The lowest BCUT2D eigenvalue weighted by molar-refractivity contribution is -0.0284. The highest BCUT2D eigenvalue weighted by molar-refractivity contribution is 6.39. The lowest BCUT2D eigenvalue weighted by Gasteiger charge is -2.26. The largest absolute Gasteiger partial charge is 0.394 e. The summed E-state index contributed by atoms with van der Waals surface area (Å²) in [7, 11) is 0. The van der Waals surface area contributed by atoms with Crippen LogP contribution < -0.4 is 0 Å². The molecular formula is C21H21ClO5. The number of hydrogen-bond acceptors (Lipinski definition) is 5. The Labute approximate surface area is 162 Å². The molecule has 1 aliphatic rings. The fourth-order valence-corrected chi connectivity index (χ4v) is 3.71. The van der Waals surface area contributed by atoms with Gasteiger partial charge in [0, 0.05) is 11.1 Å². The first-order valence-corrected chi connectivity index (χ1v) is 9.03. The Balaban J connectivity index is 2.02. The number of carbonyl (C=O) groups is 2. The first kappa shape index (κ1) is 19.7. The molecule has 0 aliphatic carbocycles. The molecule has 142 valence electrons. The second kappa shape index (κ2) is 7.52. The van der Waals surface area contributed by atoms with Crippen LogP contribution in [0.1, 0.15) is 31.8 Å². The zero-order chi connectivity index (χ0) is 19.8. The molecule has 2 aromatic rings. The van der Waals surface area contributed by atoms with Crippen molar-refractivity contribution in [3.05, 3.63) is 70.8 Å². The van der Waals surface area contributed by atoms with Crippen LogP contribution in [0.4, 0.5) is 0 Å². The third-order valence-electron chi connectivity index (χ3n) is 4.87. The number of hydrogen-bond donors (Lipinski definition) is 2. The predicted molar refractivity (Wildman–Crippen MR) is 101 cm³/mol. The number of Topliss-reactive ketones (excluding diaryl/α,β-unsaturated/α-hetero) is 2. The summed E-state index contributed by atoms with van der Waals surface area (Å²) in [6.07, 6.45) is -2.54. The van der Waals surface area contributed by atoms with E-state index in [1.54, 1.807) is 48.5 Å². The van der Waals surface area contributed by atoms with Crippen LogP contribution >= 0.6 is 11.6 Å². The molecule has 4 atom stereocenters. The Morgan fingerprint density at radius 1 is 1.00 bits per heavy atom. The Hall–Kier alpha value is -2.05. The molecule has 5 nitrogen and oxygen atoms in total. The number of aliphatic hydroxyl groups excluding tert-OH is 2. The SMILES string of the molecule is Cc1ccc(C(=O)[C@@H]2[C@H](O)[C@@H](CO)OC2(Cl)C(=O)c2ccc(C)cc2)cc1. The topological polar surface area (TPSA) is 83.8 Å². The summed E-state index contributed by atoms with van der Waals surface area (Å²) >= 11 is 6.54. The van der Waals surface area contributed by atoms with E-state index < -0.39 is 41.4 Å². The summed E-state index contributed by atoms with van der Waals surface area (Å²) in [5.41, 5.74) is 2.51. The Morgan fingerprint density at radius 3 is 1.96 bits per heavy atom. The van der Waals surface area contributed by atoms with E-state index in [1.165, 1.54) is 0 Å². The monoisotopic (exact) mass is 388 g/mol. The highest BCUT2D eigenvalue weighted by atomic mass is 35.5. The summed E-state index contributed by atoms with van der Waals surface area (Å²) in [5.74, 6) is -2.47. The fourth-order valence-electron chi connectivity index (χ4n) is 3.26. The van der Waals surface area contributed by atoms with Crippen molar-refractivity contribution in [2.24, 2.45) is 5.92 Å². The third kappa shape index (κ3) is 3.56. The van der Waals surface area contributed by atoms with Gasteiger partial charge in [0.05, 0.1) is 12.7 Å². The molecule has 1 saturated heterocycles. The summed E-state index contributed by atoms with van der Waals surface area (Å²) in [6.45, 7) is 3.21. The molecule has 6 heteroatoms. The van der Waals surface area contributed by atoms with Gasteiger partial charge in [0.1, 0.15) is 12.0 Å². The number of ketones is 2. The second-order valence-electron chi connectivity index (χ2n) is 6.88. The van der Waals surface area contributed by atoms with Gasteiger partial charge >= 0.3 is 0 Å². The van der Waals surface area contributed by atoms with Gasteiger partial charge in [-0.2, -0.15) is 0 Å². The number of aliphatic hydroxyl groups is 2. The molecule has 3 rings (SSSR count). The maximum Gasteiger partial charge on any atom is 0.218 e. The van der Waals surface area contributed by atoms with E-state index in [0.717, 1.165) is 11.1 Å². The molecule has 0 aromatic heterocycles. The molecule has 1 aliphatic heterocycles. The minimum Gasteiger partial charge on any atom is -0.394 e. The first-order valence-electron chi connectivity index (χ1n) is 8.66. The van der Waals surface area contributed by atoms with E-state index in [-0.39, 0.29) is 5.56 Å². The molecule has 1 heterocycles. The minimum absolute atomic E-state index is 0.267. The second-order valence-corrected chi connectivity index (χ2v) is 7.44. The summed E-state index contributed by atoms with van der Waals surface area (Å²) in [5, 5.41) is 18.0. The summed E-state index contributed by atoms with van der Waals surface area (Å²) < 4.78 is 5.53. The molecule has 2 N–H and O–H groups in total. The molecule has 0 bridgehead atoms. The number of benzene rings is 2. The average Bonchev–Trinajstić information content (AvgIpc) is 2.93. The van der Waals surface area contributed by atoms with Crippen LogP contribution in [0.25, 0.3) is 0 Å². The molecule has 0 spiro atoms. The van der Waals surface area contributed by atoms with Crippen LogP contribution in [0.15, 0.2) is 48.5 Å². The molecule has 27 heavy (non-hydrogen) atoms. The van der Waals surface area contributed by atoms with Gasteiger partial charge in [-0.25, -0.2) is 0 Å². The normalized spacial score (nSPS) is 27.5. The fraction of sp³-hybridized carbons (Fsp3) is 0.333. The third-order valence-corrected chi connectivity index (χ3v) is 5.36. The van der Waals surface area contributed by atoms with Crippen LogP contribution in [0.5, 0.6) is 0 Å². The van der Waals surface area contributed by atoms with Crippen molar-refractivity contribution < 1.29 is 24.5 Å². The van der Waals surface area contributed by atoms with E-state index in [4.69, 9.17) is 16.3 Å². The van der Waals surface area contributed by atoms with E-state index >= 15 is 0 Å². The van der Waals surface area contributed by atoms with Gasteiger partial charge in [-0.05, 0) is 13.8 Å². The molecular weight excluding hydrogens is 368 g/mol. The Morgan fingerprint density at radius 2 is 1.48 bits per heavy atom. The van der Waals surface area contributed by atoms with Gasteiger partial charge in [-0.1, -0.05) is 71.3 Å². The number of alkyl halides is 1. The van der Waals surface area contributed by atoms with Crippen LogP contribution in [0.3, 0.4) is 0 Å². The number of ether oxygens (including phenoxy) is 1. The number of carbonyl (C=O) groups excluding carboxylic acids is 2. The van der Waals surface area contributed by atoms with E-state index in [0.29, 0.717) is 5.56 Å². The lowest BCUT2D eigenvalue weighted by Crippen LogP contribution is -2.45. The van der Waals surface area contributed by atoms with Gasteiger partial charge in [0.25, 0.3) is 0 Å². The van der Waals surface area contributed by atoms with Crippen molar-refractivity contribution in [2.75, 3.05) is 6.61 Å². The van der Waals surface area contributed by atoms with Crippen molar-refractivity contribution in [2.45, 2.75) is 31.1 Å². The smallest absolute Gasteiger partial charge is 0.218 e. The average molecular weight is 389 g/mol. The number of rotatable bonds is 5. The predicted octanol–water partition coefficient (Wildman–Crippen LogP) is 2.67. The van der Waals surface area contributed by atoms with Crippen LogP contribution in [-0.2, 0) is 4.74 Å². The molecule has 1 fully saturated rings. The van der Waals surface area contributed by atoms with Crippen molar-refractivity contribution in [3.63, 3.8) is 0 Å². The zero-order valence-electron chi connectivity index (χ0n) is 15.1. The van der Waals surface area contributed by atoms with Crippen LogP contribution in [0, 0.1) is 19.8 Å². The van der Waals surface area contributed by atoms with Gasteiger partial charge < -0.3 is 14.9 Å². The highest BCUT2D eigenvalue weighted by Crippen LogP contribution is 2.44.